The summed E-state index contributed by atoms with van der Waals surface area (Å²) in [7, 11) is 0. The molecule has 17 heavy (non-hydrogen) atoms. The molecule has 0 fully saturated rings. The van der Waals surface area contributed by atoms with Gasteiger partial charge in [-0.25, -0.2) is 0 Å². The molecule has 0 aliphatic rings. The van der Waals surface area contributed by atoms with Crippen LogP contribution in [0.25, 0.3) is 0 Å². The van der Waals surface area contributed by atoms with Crippen molar-refractivity contribution < 1.29 is 0 Å². The quantitative estimate of drug-likeness (QED) is 0.679. The van der Waals surface area contributed by atoms with Crippen molar-refractivity contribution in [1.82, 2.24) is 0 Å². The Morgan fingerprint density at radius 1 is 0.824 bits per heavy atom. The predicted octanol–water partition coefficient (Wildman–Crippen LogP) is 4.40. The van der Waals surface area contributed by atoms with Crippen molar-refractivity contribution in [3.63, 3.8) is 0 Å². The normalized spacial score (nSPS) is 9.88. The molecular formula is C16H17N. The van der Waals surface area contributed by atoms with Crippen LogP contribution in [-0.2, 0) is 0 Å². The highest BCUT2D eigenvalue weighted by Gasteiger charge is 2.06. The molecule has 2 aromatic rings. The summed E-state index contributed by atoms with van der Waals surface area (Å²) in [4.78, 5) is 2.31. The fraction of sp³-hybridized carbons (Fsp3) is 0.125. The molecule has 0 heterocycles. The molecule has 0 amide bonds. The first-order valence-corrected chi connectivity index (χ1v) is 5.90. The maximum Gasteiger partial charge on any atom is 0.0410 e. The molecule has 2 aromatic carbocycles. The van der Waals surface area contributed by atoms with Crippen LogP contribution in [0.1, 0.15) is 6.42 Å². The molecule has 1 heteroatoms. The van der Waals surface area contributed by atoms with Crippen molar-refractivity contribution in [2.24, 2.45) is 0 Å². The third-order valence-corrected chi connectivity index (χ3v) is 2.69. The van der Waals surface area contributed by atoms with E-state index in [9.17, 15) is 0 Å². The number of hydrogen-bond donors (Lipinski definition) is 0. The van der Waals surface area contributed by atoms with Gasteiger partial charge in [-0.15, -0.1) is 6.58 Å². The maximum atomic E-state index is 3.79. The Hall–Kier alpha value is -2.02. The third-order valence-electron chi connectivity index (χ3n) is 2.69. The Balaban J connectivity index is 2.29. The standard InChI is InChI=1S/C16H17N/c1-2-3-14-17(15-10-6-4-7-11-15)16-12-8-5-9-13-16/h2,4-13H,1,3,14H2. The Bertz CT molecular complexity index is 408. The minimum Gasteiger partial charge on any atom is -0.341 e. The molecule has 86 valence electrons. The van der Waals surface area contributed by atoms with Gasteiger partial charge in [0.1, 0.15) is 0 Å². The summed E-state index contributed by atoms with van der Waals surface area (Å²) < 4.78 is 0. The van der Waals surface area contributed by atoms with Crippen molar-refractivity contribution in [3.05, 3.63) is 73.3 Å². The summed E-state index contributed by atoms with van der Waals surface area (Å²) in [5.41, 5.74) is 2.45. The molecule has 0 N–H and O–H groups in total. The zero-order valence-corrected chi connectivity index (χ0v) is 9.92. The topological polar surface area (TPSA) is 3.24 Å². The number of rotatable bonds is 5. The molecule has 0 bridgehead atoms. The smallest absolute Gasteiger partial charge is 0.0410 e. The largest absolute Gasteiger partial charge is 0.341 e. The van der Waals surface area contributed by atoms with Crippen LogP contribution in [0.2, 0.25) is 0 Å². The van der Waals surface area contributed by atoms with Crippen LogP contribution in [0.5, 0.6) is 0 Å². The highest BCUT2D eigenvalue weighted by Crippen LogP contribution is 2.24. The van der Waals surface area contributed by atoms with Gasteiger partial charge in [0.25, 0.3) is 0 Å². The van der Waals surface area contributed by atoms with E-state index in [1.54, 1.807) is 0 Å². The van der Waals surface area contributed by atoms with Crippen molar-refractivity contribution in [2.75, 3.05) is 11.4 Å². The second kappa shape index (κ2) is 5.90. The zero-order chi connectivity index (χ0) is 11.9. The van der Waals surface area contributed by atoms with E-state index in [1.165, 1.54) is 11.4 Å². The lowest BCUT2D eigenvalue weighted by Gasteiger charge is -2.24. The van der Waals surface area contributed by atoms with E-state index in [-0.39, 0.29) is 0 Å². The number of para-hydroxylation sites is 2. The molecule has 0 aliphatic carbocycles. The lowest BCUT2D eigenvalue weighted by atomic mass is 10.2. The summed E-state index contributed by atoms with van der Waals surface area (Å²) in [5.74, 6) is 0. The first kappa shape index (κ1) is 11.5. The summed E-state index contributed by atoms with van der Waals surface area (Å²) in [6, 6.07) is 20.9. The van der Waals surface area contributed by atoms with E-state index in [2.05, 4.69) is 60.0 Å². The maximum absolute atomic E-state index is 3.79. The molecule has 0 radical (unpaired) electrons. The summed E-state index contributed by atoms with van der Waals surface area (Å²) in [6.45, 7) is 4.75. The van der Waals surface area contributed by atoms with Gasteiger partial charge in [0, 0.05) is 17.9 Å². The van der Waals surface area contributed by atoms with Gasteiger partial charge < -0.3 is 4.90 Å². The molecule has 1 nitrogen and oxygen atoms in total. The van der Waals surface area contributed by atoms with Crippen LogP contribution in [0.15, 0.2) is 73.3 Å². The number of anilines is 2. The Morgan fingerprint density at radius 3 is 1.71 bits per heavy atom. The fourth-order valence-corrected chi connectivity index (χ4v) is 1.84. The number of benzene rings is 2. The highest BCUT2D eigenvalue weighted by molar-refractivity contribution is 5.62. The van der Waals surface area contributed by atoms with Gasteiger partial charge in [-0.3, -0.25) is 0 Å². The van der Waals surface area contributed by atoms with E-state index in [0.717, 1.165) is 13.0 Å². The van der Waals surface area contributed by atoms with Crippen molar-refractivity contribution >= 4 is 11.4 Å². The van der Waals surface area contributed by atoms with E-state index < -0.39 is 0 Å². The van der Waals surface area contributed by atoms with Crippen LogP contribution >= 0.6 is 0 Å². The van der Waals surface area contributed by atoms with Crippen LogP contribution in [-0.4, -0.2) is 6.54 Å². The van der Waals surface area contributed by atoms with Crippen LogP contribution in [0.4, 0.5) is 11.4 Å². The minimum atomic E-state index is 0.956. The van der Waals surface area contributed by atoms with Crippen LogP contribution in [0, 0.1) is 0 Å². The second-order valence-electron chi connectivity index (χ2n) is 3.90. The van der Waals surface area contributed by atoms with Gasteiger partial charge in [0.15, 0.2) is 0 Å². The molecule has 2 rings (SSSR count). The zero-order valence-electron chi connectivity index (χ0n) is 9.92. The van der Waals surface area contributed by atoms with Gasteiger partial charge in [-0.05, 0) is 30.7 Å². The van der Waals surface area contributed by atoms with E-state index in [0.29, 0.717) is 0 Å². The Morgan fingerprint density at radius 2 is 1.29 bits per heavy atom. The molecule has 0 unspecified atom stereocenters. The summed E-state index contributed by atoms with van der Waals surface area (Å²) in [6.07, 6.45) is 2.93. The average molecular weight is 223 g/mol. The monoisotopic (exact) mass is 223 g/mol. The Kier molecular flexibility index (Phi) is 3.98. The molecule has 0 aliphatic heterocycles. The van der Waals surface area contributed by atoms with Gasteiger partial charge in [-0.2, -0.15) is 0 Å². The van der Waals surface area contributed by atoms with E-state index >= 15 is 0 Å². The van der Waals surface area contributed by atoms with Gasteiger partial charge in [0.05, 0.1) is 0 Å². The van der Waals surface area contributed by atoms with Crippen molar-refractivity contribution in [3.8, 4) is 0 Å². The lowest BCUT2D eigenvalue weighted by molar-refractivity contribution is 0.942. The van der Waals surface area contributed by atoms with E-state index in [1.807, 2.05) is 18.2 Å². The first-order valence-electron chi connectivity index (χ1n) is 5.90. The molecular weight excluding hydrogens is 206 g/mol. The predicted molar refractivity (Wildman–Crippen MR) is 74.7 cm³/mol. The molecule has 0 spiro atoms. The Labute approximate surface area is 103 Å². The molecule has 0 saturated carbocycles. The first-order chi connectivity index (χ1) is 8.42. The fourth-order valence-electron chi connectivity index (χ4n) is 1.84. The van der Waals surface area contributed by atoms with Crippen molar-refractivity contribution in [2.45, 2.75) is 6.42 Å². The molecule has 0 saturated heterocycles. The number of nitrogens with zero attached hydrogens (tertiary/aromatic N) is 1. The van der Waals surface area contributed by atoms with Gasteiger partial charge >= 0.3 is 0 Å². The molecule has 0 atom stereocenters. The van der Waals surface area contributed by atoms with Crippen LogP contribution < -0.4 is 4.90 Å². The SMILES string of the molecule is C=CCCN(c1ccccc1)c1ccccc1. The number of hydrogen-bond acceptors (Lipinski definition) is 1. The van der Waals surface area contributed by atoms with Gasteiger partial charge in [-0.1, -0.05) is 42.5 Å². The third kappa shape index (κ3) is 2.97. The van der Waals surface area contributed by atoms with Gasteiger partial charge in [0.2, 0.25) is 0 Å². The highest BCUT2D eigenvalue weighted by atomic mass is 15.1. The van der Waals surface area contributed by atoms with Crippen LogP contribution in [0.3, 0.4) is 0 Å². The van der Waals surface area contributed by atoms with E-state index in [4.69, 9.17) is 0 Å². The summed E-state index contributed by atoms with van der Waals surface area (Å²) >= 11 is 0. The second-order valence-corrected chi connectivity index (χ2v) is 3.90. The average Bonchev–Trinajstić information content (AvgIpc) is 2.42. The lowest BCUT2D eigenvalue weighted by Crippen LogP contribution is -2.17. The molecule has 0 aromatic heterocycles. The summed E-state index contributed by atoms with van der Waals surface area (Å²) in [5, 5.41) is 0. The van der Waals surface area contributed by atoms with Crippen molar-refractivity contribution in [1.29, 1.82) is 0 Å². The minimum absolute atomic E-state index is 0.956.